The molecule has 1 aliphatic rings. The van der Waals surface area contributed by atoms with Crippen LogP contribution in [0.25, 0.3) is 5.52 Å². The Morgan fingerprint density at radius 3 is 3.14 bits per heavy atom. The summed E-state index contributed by atoms with van der Waals surface area (Å²) in [5.74, 6) is 0.748. The fourth-order valence-corrected chi connectivity index (χ4v) is 2.90. The Kier molecular flexibility index (Phi) is 3.79. The van der Waals surface area contributed by atoms with Gasteiger partial charge in [-0.1, -0.05) is 6.42 Å². The van der Waals surface area contributed by atoms with Crippen LogP contribution in [0.1, 0.15) is 41.5 Å². The van der Waals surface area contributed by atoms with Crippen molar-refractivity contribution in [3.63, 3.8) is 0 Å². The molecule has 2 aromatic rings. The number of methoxy groups -OCH3 is 1. The molecule has 1 saturated heterocycles. The van der Waals surface area contributed by atoms with Crippen molar-refractivity contribution in [2.24, 2.45) is 0 Å². The lowest BCUT2D eigenvalue weighted by molar-refractivity contribution is 0.0596. The van der Waals surface area contributed by atoms with Crippen LogP contribution in [-0.4, -0.2) is 35.6 Å². The van der Waals surface area contributed by atoms with Gasteiger partial charge in [-0.25, -0.2) is 9.78 Å². The fourth-order valence-electron chi connectivity index (χ4n) is 2.90. The SMILES string of the molecule is COC(=O)c1nc(C2CCCCNC2)n2cc(N)ccc12. The molecule has 2 aromatic heterocycles. The summed E-state index contributed by atoms with van der Waals surface area (Å²) in [5.41, 5.74) is 7.65. The monoisotopic (exact) mass is 288 g/mol. The summed E-state index contributed by atoms with van der Waals surface area (Å²) in [7, 11) is 1.37. The Hall–Kier alpha value is -2.08. The minimum Gasteiger partial charge on any atom is -0.464 e. The molecule has 0 bridgehead atoms. The van der Waals surface area contributed by atoms with Crippen molar-refractivity contribution in [1.82, 2.24) is 14.7 Å². The maximum atomic E-state index is 11.9. The second-order valence-electron chi connectivity index (χ2n) is 5.42. The molecule has 6 nitrogen and oxygen atoms in total. The van der Waals surface area contributed by atoms with Crippen molar-refractivity contribution in [1.29, 1.82) is 0 Å². The quantitative estimate of drug-likeness (QED) is 0.820. The molecule has 3 N–H and O–H groups in total. The van der Waals surface area contributed by atoms with Gasteiger partial charge in [0.1, 0.15) is 5.82 Å². The molecule has 1 fully saturated rings. The summed E-state index contributed by atoms with van der Waals surface area (Å²) >= 11 is 0. The van der Waals surface area contributed by atoms with E-state index in [1.165, 1.54) is 13.5 Å². The Labute approximate surface area is 123 Å². The first-order valence-corrected chi connectivity index (χ1v) is 7.27. The van der Waals surface area contributed by atoms with Crippen LogP contribution in [0.5, 0.6) is 0 Å². The molecule has 1 unspecified atom stereocenters. The van der Waals surface area contributed by atoms with Gasteiger partial charge in [0, 0.05) is 24.3 Å². The van der Waals surface area contributed by atoms with Gasteiger partial charge in [0.25, 0.3) is 0 Å². The van der Waals surface area contributed by atoms with Crippen LogP contribution in [-0.2, 0) is 4.74 Å². The van der Waals surface area contributed by atoms with Gasteiger partial charge in [-0.05, 0) is 31.5 Å². The standard InChI is InChI=1S/C15H20N4O2/c1-21-15(20)13-12-6-5-11(16)9-19(12)14(18-13)10-4-2-3-7-17-8-10/h5-6,9-10,17H,2-4,7-8,16H2,1H3. The lowest BCUT2D eigenvalue weighted by Crippen LogP contribution is -2.20. The number of ether oxygens (including phenoxy) is 1. The third-order valence-electron chi connectivity index (χ3n) is 3.98. The van der Waals surface area contributed by atoms with Crippen molar-refractivity contribution in [2.75, 3.05) is 25.9 Å². The number of pyridine rings is 1. The second-order valence-corrected chi connectivity index (χ2v) is 5.42. The van der Waals surface area contributed by atoms with E-state index in [4.69, 9.17) is 10.5 Å². The van der Waals surface area contributed by atoms with Crippen LogP contribution >= 0.6 is 0 Å². The second kappa shape index (κ2) is 5.73. The molecule has 0 spiro atoms. The van der Waals surface area contributed by atoms with Crippen LogP contribution in [0.15, 0.2) is 18.3 Å². The minimum atomic E-state index is -0.412. The normalized spacial score (nSPS) is 19.4. The number of aromatic nitrogens is 2. The number of nitrogen functional groups attached to an aromatic ring is 1. The molecule has 1 aliphatic heterocycles. The van der Waals surface area contributed by atoms with Crippen molar-refractivity contribution in [3.8, 4) is 0 Å². The highest BCUT2D eigenvalue weighted by atomic mass is 16.5. The highest BCUT2D eigenvalue weighted by molar-refractivity contribution is 5.95. The van der Waals surface area contributed by atoms with Gasteiger partial charge in [-0.15, -0.1) is 0 Å². The van der Waals surface area contributed by atoms with Crippen molar-refractivity contribution >= 4 is 17.2 Å². The predicted octanol–water partition coefficient (Wildman–Crippen LogP) is 1.56. The molecule has 6 heteroatoms. The molecule has 112 valence electrons. The number of nitrogens with zero attached hydrogens (tertiary/aromatic N) is 2. The molecule has 0 radical (unpaired) electrons. The van der Waals surface area contributed by atoms with Gasteiger partial charge in [-0.3, -0.25) is 0 Å². The zero-order valence-corrected chi connectivity index (χ0v) is 12.1. The van der Waals surface area contributed by atoms with Crippen LogP contribution in [0.3, 0.4) is 0 Å². The third kappa shape index (κ3) is 2.58. The van der Waals surface area contributed by atoms with E-state index in [0.717, 1.165) is 37.3 Å². The highest BCUT2D eigenvalue weighted by Gasteiger charge is 2.24. The van der Waals surface area contributed by atoms with Gasteiger partial charge in [-0.2, -0.15) is 0 Å². The number of anilines is 1. The highest BCUT2D eigenvalue weighted by Crippen LogP contribution is 2.26. The first kappa shape index (κ1) is 13.9. The molecule has 21 heavy (non-hydrogen) atoms. The Morgan fingerprint density at radius 2 is 2.33 bits per heavy atom. The molecule has 3 heterocycles. The Morgan fingerprint density at radius 1 is 1.48 bits per heavy atom. The van der Waals surface area contributed by atoms with E-state index >= 15 is 0 Å². The number of carbonyl (C=O) groups excluding carboxylic acids is 1. The van der Waals surface area contributed by atoms with Gasteiger partial charge in [0.05, 0.1) is 12.6 Å². The lowest BCUT2D eigenvalue weighted by atomic mass is 10.0. The predicted molar refractivity (Wildman–Crippen MR) is 80.4 cm³/mol. The molecule has 0 aromatic carbocycles. The Balaban J connectivity index is 2.12. The summed E-state index contributed by atoms with van der Waals surface area (Å²) in [6, 6.07) is 3.60. The third-order valence-corrected chi connectivity index (χ3v) is 3.98. The molecule has 1 atom stereocenters. The van der Waals surface area contributed by atoms with E-state index in [0.29, 0.717) is 11.4 Å². The number of hydrogen-bond acceptors (Lipinski definition) is 5. The summed E-state index contributed by atoms with van der Waals surface area (Å²) in [4.78, 5) is 16.5. The average Bonchev–Trinajstić information content (AvgIpc) is 2.68. The number of nitrogens with one attached hydrogen (secondary N) is 1. The van der Waals surface area contributed by atoms with E-state index in [1.54, 1.807) is 6.07 Å². The molecule has 0 saturated carbocycles. The first-order valence-electron chi connectivity index (χ1n) is 7.27. The van der Waals surface area contributed by atoms with Crippen LogP contribution in [0.4, 0.5) is 5.69 Å². The van der Waals surface area contributed by atoms with Crippen molar-refractivity contribution in [3.05, 3.63) is 29.8 Å². The molecule has 3 rings (SSSR count). The van der Waals surface area contributed by atoms with Crippen LogP contribution < -0.4 is 11.1 Å². The maximum absolute atomic E-state index is 11.9. The Bertz CT molecular complexity index is 657. The largest absolute Gasteiger partial charge is 0.464 e. The number of imidazole rings is 1. The zero-order chi connectivity index (χ0) is 14.8. The summed E-state index contributed by atoms with van der Waals surface area (Å²) in [6.07, 6.45) is 5.21. The minimum absolute atomic E-state index is 0.278. The van der Waals surface area contributed by atoms with E-state index in [-0.39, 0.29) is 5.92 Å². The lowest BCUT2D eigenvalue weighted by Gasteiger charge is -2.13. The molecular weight excluding hydrogens is 268 g/mol. The zero-order valence-electron chi connectivity index (χ0n) is 12.1. The number of esters is 1. The smallest absolute Gasteiger partial charge is 0.358 e. The molecular formula is C15H20N4O2. The fraction of sp³-hybridized carbons (Fsp3) is 0.467. The maximum Gasteiger partial charge on any atom is 0.358 e. The van der Waals surface area contributed by atoms with Crippen molar-refractivity contribution in [2.45, 2.75) is 25.2 Å². The van der Waals surface area contributed by atoms with Gasteiger partial charge in [0.2, 0.25) is 0 Å². The number of rotatable bonds is 2. The van der Waals surface area contributed by atoms with Crippen molar-refractivity contribution < 1.29 is 9.53 Å². The molecule has 0 amide bonds. The van der Waals surface area contributed by atoms with E-state index in [1.807, 2.05) is 16.7 Å². The summed E-state index contributed by atoms with van der Waals surface area (Å²) in [6.45, 7) is 1.90. The number of nitrogens with two attached hydrogens (primary N) is 1. The van der Waals surface area contributed by atoms with Gasteiger partial charge in [0.15, 0.2) is 5.69 Å². The van der Waals surface area contributed by atoms with E-state index in [9.17, 15) is 4.79 Å². The summed E-state index contributed by atoms with van der Waals surface area (Å²) in [5, 5.41) is 3.43. The van der Waals surface area contributed by atoms with Gasteiger partial charge < -0.3 is 20.2 Å². The van der Waals surface area contributed by atoms with E-state index in [2.05, 4.69) is 10.3 Å². The average molecular weight is 288 g/mol. The number of fused-ring (bicyclic) bond motifs is 1. The number of carbonyl (C=O) groups is 1. The molecule has 0 aliphatic carbocycles. The number of hydrogen-bond donors (Lipinski definition) is 2. The van der Waals surface area contributed by atoms with Crippen LogP contribution in [0.2, 0.25) is 0 Å². The first-order chi connectivity index (χ1) is 10.2. The van der Waals surface area contributed by atoms with Gasteiger partial charge >= 0.3 is 5.97 Å². The topological polar surface area (TPSA) is 81.6 Å². The van der Waals surface area contributed by atoms with E-state index < -0.39 is 5.97 Å². The van der Waals surface area contributed by atoms with Crippen LogP contribution in [0, 0.1) is 0 Å². The summed E-state index contributed by atoms with van der Waals surface area (Å²) < 4.78 is 6.77.